The maximum Gasteiger partial charge on any atom is 0.322 e. The summed E-state index contributed by atoms with van der Waals surface area (Å²) < 4.78 is 13.7. The molecular formula is C24H31FN4O. The van der Waals surface area contributed by atoms with E-state index in [0.717, 1.165) is 36.6 Å². The van der Waals surface area contributed by atoms with Crippen LogP contribution < -0.4 is 15.1 Å². The number of urea groups is 1. The zero-order valence-electron chi connectivity index (χ0n) is 18.1. The number of halogens is 1. The first-order valence-corrected chi connectivity index (χ1v) is 10.8. The van der Waals surface area contributed by atoms with Crippen LogP contribution >= 0.6 is 0 Å². The fraction of sp³-hybridized carbons (Fsp3) is 0.458. The van der Waals surface area contributed by atoms with E-state index in [1.165, 1.54) is 12.1 Å². The van der Waals surface area contributed by atoms with Crippen molar-refractivity contribution in [2.24, 2.45) is 5.92 Å². The van der Waals surface area contributed by atoms with Crippen LogP contribution in [0.3, 0.4) is 0 Å². The van der Waals surface area contributed by atoms with Crippen LogP contribution in [0.1, 0.15) is 27.2 Å². The molecule has 5 nitrogen and oxygen atoms in total. The first-order chi connectivity index (χ1) is 14.3. The standard InChI is InChI=1S/C24H31FN4O/c1-24(2,3)27-12-11-18(17-27)16-26-23(30)29-14-13-28(20-8-6-7-19(25)15-20)21-9-4-5-10-22(21)29/h4-10,15,18H,11-14,16-17H2,1-3H3,(H,26,30)/t18-/m1/s1. The van der Waals surface area contributed by atoms with Gasteiger partial charge in [0.15, 0.2) is 0 Å². The van der Waals surface area contributed by atoms with Gasteiger partial charge in [-0.2, -0.15) is 0 Å². The first kappa shape index (κ1) is 20.7. The molecule has 2 aromatic rings. The number of nitrogens with one attached hydrogen (secondary N) is 1. The highest BCUT2D eigenvalue weighted by atomic mass is 19.1. The summed E-state index contributed by atoms with van der Waals surface area (Å²) in [4.78, 5) is 19.4. The predicted octanol–water partition coefficient (Wildman–Crippen LogP) is 4.61. The fourth-order valence-corrected chi connectivity index (χ4v) is 4.42. The number of para-hydroxylation sites is 2. The van der Waals surface area contributed by atoms with E-state index in [2.05, 4.69) is 35.9 Å². The number of rotatable bonds is 3. The van der Waals surface area contributed by atoms with Gasteiger partial charge in [0.1, 0.15) is 5.82 Å². The lowest BCUT2D eigenvalue weighted by Crippen LogP contribution is -2.48. The van der Waals surface area contributed by atoms with Crippen LogP contribution in [0, 0.1) is 11.7 Å². The summed E-state index contributed by atoms with van der Waals surface area (Å²) in [5.41, 5.74) is 2.75. The topological polar surface area (TPSA) is 38.8 Å². The molecule has 0 spiro atoms. The summed E-state index contributed by atoms with van der Waals surface area (Å²) in [5.74, 6) is 0.225. The molecule has 6 heteroatoms. The molecule has 0 unspecified atom stereocenters. The van der Waals surface area contributed by atoms with Crippen molar-refractivity contribution in [3.8, 4) is 0 Å². The van der Waals surface area contributed by atoms with Crippen molar-refractivity contribution in [3.05, 3.63) is 54.3 Å². The molecule has 2 aromatic carbocycles. The van der Waals surface area contributed by atoms with Crippen LogP contribution in [0.25, 0.3) is 0 Å². The second kappa shape index (κ2) is 8.26. The van der Waals surface area contributed by atoms with Gasteiger partial charge in [-0.1, -0.05) is 18.2 Å². The molecule has 2 heterocycles. The minimum Gasteiger partial charge on any atom is -0.338 e. The Balaban J connectivity index is 1.44. The highest BCUT2D eigenvalue weighted by Gasteiger charge is 2.32. The smallest absolute Gasteiger partial charge is 0.322 e. The third-order valence-corrected chi connectivity index (χ3v) is 6.15. The lowest BCUT2D eigenvalue weighted by Gasteiger charge is -2.38. The van der Waals surface area contributed by atoms with E-state index in [1.807, 2.05) is 35.2 Å². The van der Waals surface area contributed by atoms with Gasteiger partial charge in [0.25, 0.3) is 0 Å². The van der Waals surface area contributed by atoms with Gasteiger partial charge in [-0.3, -0.25) is 9.80 Å². The van der Waals surface area contributed by atoms with Gasteiger partial charge in [-0.15, -0.1) is 0 Å². The summed E-state index contributed by atoms with van der Waals surface area (Å²) in [6.45, 7) is 10.7. The van der Waals surface area contributed by atoms with Crippen LogP contribution in [0.4, 0.5) is 26.2 Å². The molecule has 2 aliphatic heterocycles. The van der Waals surface area contributed by atoms with Crippen LogP contribution in [-0.4, -0.2) is 49.2 Å². The number of nitrogens with zero attached hydrogens (tertiary/aromatic N) is 3. The highest BCUT2D eigenvalue weighted by Crippen LogP contribution is 2.37. The van der Waals surface area contributed by atoms with E-state index >= 15 is 0 Å². The maximum absolute atomic E-state index is 13.7. The minimum atomic E-state index is -0.258. The SMILES string of the molecule is CC(C)(C)N1CC[C@H](CNC(=O)N2CCN(c3cccc(F)c3)c3ccccc32)C1. The Morgan fingerprint density at radius 3 is 2.53 bits per heavy atom. The van der Waals surface area contributed by atoms with Gasteiger partial charge in [0, 0.05) is 37.4 Å². The average molecular weight is 411 g/mol. The Bertz CT molecular complexity index is 910. The number of carbonyl (C=O) groups excluding carboxylic acids is 1. The van der Waals surface area contributed by atoms with Gasteiger partial charge >= 0.3 is 6.03 Å². The van der Waals surface area contributed by atoms with Gasteiger partial charge < -0.3 is 10.2 Å². The molecule has 30 heavy (non-hydrogen) atoms. The van der Waals surface area contributed by atoms with Crippen LogP contribution in [0.15, 0.2) is 48.5 Å². The lowest BCUT2D eigenvalue weighted by molar-refractivity contribution is 0.168. The number of likely N-dealkylation sites (tertiary alicyclic amines) is 1. The Morgan fingerprint density at radius 1 is 1.07 bits per heavy atom. The predicted molar refractivity (Wildman–Crippen MR) is 120 cm³/mol. The molecule has 2 amide bonds. The summed E-state index contributed by atoms with van der Waals surface area (Å²) >= 11 is 0. The maximum atomic E-state index is 13.7. The molecule has 4 rings (SSSR count). The van der Waals surface area contributed by atoms with E-state index < -0.39 is 0 Å². The Hall–Kier alpha value is -2.60. The van der Waals surface area contributed by atoms with Crippen molar-refractivity contribution in [2.45, 2.75) is 32.7 Å². The molecule has 1 fully saturated rings. The second-order valence-electron chi connectivity index (χ2n) is 9.23. The third-order valence-electron chi connectivity index (χ3n) is 6.15. The zero-order chi connectivity index (χ0) is 21.3. The van der Waals surface area contributed by atoms with Gasteiger partial charge in [0.05, 0.1) is 11.4 Å². The first-order valence-electron chi connectivity index (χ1n) is 10.8. The molecule has 0 radical (unpaired) electrons. The normalized spacial score (nSPS) is 19.7. The van der Waals surface area contributed by atoms with Crippen molar-refractivity contribution in [3.63, 3.8) is 0 Å². The van der Waals surface area contributed by atoms with Gasteiger partial charge in [0.2, 0.25) is 0 Å². The Labute approximate surface area is 178 Å². The Morgan fingerprint density at radius 2 is 1.83 bits per heavy atom. The third kappa shape index (κ3) is 4.29. The molecule has 1 N–H and O–H groups in total. The fourth-order valence-electron chi connectivity index (χ4n) is 4.42. The van der Waals surface area contributed by atoms with E-state index in [1.54, 1.807) is 6.07 Å². The zero-order valence-corrected chi connectivity index (χ0v) is 18.1. The van der Waals surface area contributed by atoms with Crippen molar-refractivity contribution in [1.82, 2.24) is 10.2 Å². The average Bonchev–Trinajstić information content (AvgIpc) is 3.21. The molecule has 1 saturated heterocycles. The summed E-state index contributed by atoms with van der Waals surface area (Å²) in [7, 11) is 0. The quantitative estimate of drug-likeness (QED) is 0.803. The molecule has 0 saturated carbocycles. The number of benzene rings is 2. The number of carbonyl (C=O) groups is 1. The summed E-state index contributed by atoms with van der Waals surface area (Å²) in [6, 6.07) is 14.4. The molecule has 0 bridgehead atoms. The molecule has 0 aliphatic carbocycles. The molecular weight excluding hydrogens is 379 g/mol. The number of fused-ring (bicyclic) bond motifs is 1. The van der Waals surface area contributed by atoms with Crippen molar-refractivity contribution < 1.29 is 9.18 Å². The van der Waals surface area contributed by atoms with Gasteiger partial charge in [-0.05, 0) is 70.0 Å². The summed E-state index contributed by atoms with van der Waals surface area (Å²) in [6.07, 6.45) is 1.11. The second-order valence-corrected chi connectivity index (χ2v) is 9.23. The summed E-state index contributed by atoms with van der Waals surface area (Å²) in [5, 5.41) is 3.15. The van der Waals surface area contributed by atoms with Crippen molar-refractivity contribution in [1.29, 1.82) is 0 Å². The van der Waals surface area contributed by atoms with E-state index in [-0.39, 0.29) is 17.4 Å². The highest BCUT2D eigenvalue weighted by molar-refractivity contribution is 5.97. The van der Waals surface area contributed by atoms with Gasteiger partial charge in [-0.25, -0.2) is 9.18 Å². The lowest BCUT2D eigenvalue weighted by atomic mass is 10.1. The number of hydrogen-bond acceptors (Lipinski definition) is 3. The largest absolute Gasteiger partial charge is 0.338 e. The molecule has 1 atom stereocenters. The van der Waals surface area contributed by atoms with Crippen LogP contribution in [0.2, 0.25) is 0 Å². The number of hydrogen-bond donors (Lipinski definition) is 1. The van der Waals surface area contributed by atoms with Crippen LogP contribution in [-0.2, 0) is 0 Å². The van der Waals surface area contributed by atoms with Crippen molar-refractivity contribution >= 4 is 23.1 Å². The molecule has 2 aliphatic rings. The monoisotopic (exact) mass is 410 g/mol. The van der Waals surface area contributed by atoms with E-state index in [9.17, 15) is 9.18 Å². The van der Waals surface area contributed by atoms with Crippen molar-refractivity contribution in [2.75, 3.05) is 42.5 Å². The van der Waals surface area contributed by atoms with E-state index in [4.69, 9.17) is 0 Å². The van der Waals surface area contributed by atoms with Crippen LogP contribution in [0.5, 0.6) is 0 Å². The molecule has 0 aromatic heterocycles. The Kier molecular flexibility index (Phi) is 5.69. The number of amides is 2. The minimum absolute atomic E-state index is 0.0597. The number of anilines is 3. The van der Waals surface area contributed by atoms with E-state index in [0.29, 0.717) is 25.6 Å². The molecule has 160 valence electrons.